The Hall–Kier alpha value is -3.94. The van der Waals surface area contributed by atoms with Gasteiger partial charge < -0.3 is 29.2 Å². The Labute approximate surface area is 262 Å². The third-order valence-electron chi connectivity index (χ3n) is 9.11. The molecule has 44 heavy (non-hydrogen) atoms. The minimum atomic E-state index is -1.01. The molecule has 2 aromatic carbocycles. The predicted molar refractivity (Wildman–Crippen MR) is 171 cm³/mol. The highest BCUT2D eigenvalue weighted by Gasteiger charge is 2.37. The summed E-state index contributed by atoms with van der Waals surface area (Å²) in [5, 5.41) is 2.81. The number of rotatable bonds is 7. The van der Waals surface area contributed by atoms with Gasteiger partial charge in [0.2, 0.25) is 6.54 Å². The summed E-state index contributed by atoms with van der Waals surface area (Å²) in [4.78, 5) is 34.1. The molecule has 3 atom stereocenters. The van der Waals surface area contributed by atoms with Crippen molar-refractivity contribution < 1.29 is 13.9 Å². The molecule has 2 aliphatic heterocycles. The van der Waals surface area contributed by atoms with Gasteiger partial charge in [-0.05, 0) is 57.3 Å². The number of carbonyl (C=O) groups is 1. The molecule has 1 aromatic heterocycles. The minimum Gasteiger partial charge on any atom is -0.458 e. The van der Waals surface area contributed by atoms with E-state index in [0.717, 1.165) is 59.3 Å². The number of benzene rings is 2. The lowest BCUT2D eigenvalue weighted by Crippen LogP contribution is -2.57. The van der Waals surface area contributed by atoms with Crippen LogP contribution in [-0.4, -0.2) is 90.7 Å². The zero-order valence-corrected chi connectivity index (χ0v) is 25.9. The fraction of sp³-hybridized carbons (Fsp3) is 0.455. The van der Waals surface area contributed by atoms with Crippen molar-refractivity contribution in [3.63, 3.8) is 0 Å². The van der Waals surface area contributed by atoms with Crippen LogP contribution in [0.15, 0.2) is 48.8 Å². The first-order valence-electron chi connectivity index (χ1n) is 15.1. The number of carbonyl (C=O) groups excluding carboxylic acids is 1. The summed E-state index contributed by atoms with van der Waals surface area (Å²) in [6.07, 6.45) is 3.74. The summed E-state index contributed by atoms with van der Waals surface area (Å²) in [7, 11) is 4.14. The summed E-state index contributed by atoms with van der Waals surface area (Å²) >= 11 is 6.70. The normalized spacial score (nSPS) is 21.8. The van der Waals surface area contributed by atoms with Gasteiger partial charge in [-0.1, -0.05) is 42.4 Å². The second kappa shape index (κ2) is 12.6. The van der Waals surface area contributed by atoms with Crippen LogP contribution in [0.5, 0.6) is 6.01 Å². The van der Waals surface area contributed by atoms with E-state index in [0.29, 0.717) is 37.1 Å². The molecule has 0 bridgehead atoms. The molecule has 3 aliphatic rings. The van der Waals surface area contributed by atoms with Gasteiger partial charge in [0.05, 0.1) is 17.3 Å². The van der Waals surface area contributed by atoms with E-state index in [4.69, 9.17) is 32.9 Å². The fourth-order valence-electron chi connectivity index (χ4n) is 6.95. The van der Waals surface area contributed by atoms with Crippen molar-refractivity contribution in [2.45, 2.75) is 50.4 Å². The zero-order chi connectivity index (χ0) is 31.0. The number of piperazine rings is 1. The second-order valence-corrected chi connectivity index (χ2v) is 12.4. The lowest BCUT2D eigenvalue weighted by Gasteiger charge is -2.41. The van der Waals surface area contributed by atoms with E-state index in [1.165, 1.54) is 4.90 Å². The number of anilines is 2. The molecule has 230 valence electrons. The molecule has 1 aliphatic carbocycles. The van der Waals surface area contributed by atoms with Gasteiger partial charge in [-0.25, -0.2) is 11.0 Å². The average Bonchev–Trinajstić information content (AvgIpc) is 3.48. The van der Waals surface area contributed by atoms with Gasteiger partial charge in [-0.2, -0.15) is 9.97 Å². The smallest absolute Gasteiger partial charge is 0.319 e. The minimum absolute atomic E-state index is 0.0210. The van der Waals surface area contributed by atoms with Gasteiger partial charge in [0.15, 0.2) is 5.83 Å². The molecule has 0 unspecified atom stereocenters. The Kier molecular flexibility index (Phi) is 8.61. The number of fused-ring (bicyclic) bond motifs is 2. The Morgan fingerprint density at radius 2 is 1.95 bits per heavy atom. The third-order valence-corrected chi connectivity index (χ3v) is 9.43. The molecule has 1 saturated carbocycles. The van der Waals surface area contributed by atoms with Gasteiger partial charge in [0.1, 0.15) is 18.0 Å². The Balaban J connectivity index is 1.37. The van der Waals surface area contributed by atoms with Crippen LogP contribution in [0.4, 0.5) is 15.9 Å². The van der Waals surface area contributed by atoms with Crippen molar-refractivity contribution in [1.29, 1.82) is 0 Å². The molecule has 9 nitrogen and oxygen atoms in total. The number of hydrogen-bond donors (Lipinski definition) is 0. The number of nitrogens with zero attached hydrogens (tertiary/aromatic N) is 7. The number of likely N-dealkylation sites (N-methyl/N-ethyl adjacent to an activating group) is 1. The van der Waals surface area contributed by atoms with Crippen molar-refractivity contribution >= 4 is 39.8 Å². The van der Waals surface area contributed by atoms with Crippen LogP contribution >= 0.6 is 11.6 Å². The van der Waals surface area contributed by atoms with Crippen LogP contribution in [0.1, 0.15) is 30.5 Å². The predicted octanol–water partition coefficient (Wildman–Crippen LogP) is 5.13. The largest absolute Gasteiger partial charge is 0.458 e. The van der Waals surface area contributed by atoms with E-state index in [9.17, 15) is 9.18 Å². The average molecular weight is 618 g/mol. The van der Waals surface area contributed by atoms with Crippen LogP contribution < -0.4 is 14.5 Å². The maximum Gasteiger partial charge on any atom is 0.319 e. The van der Waals surface area contributed by atoms with Crippen molar-refractivity contribution in [2.24, 2.45) is 0 Å². The molecule has 0 radical (unpaired) electrons. The molecular weight excluding hydrogens is 581 g/mol. The van der Waals surface area contributed by atoms with Crippen LogP contribution in [0.3, 0.4) is 0 Å². The van der Waals surface area contributed by atoms with Crippen molar-refractivity contribution in [3.05, 3.63) is 76.5 Å². The molecule has 0 N–H and O–H groups in total. The highest BCUT2D eigenvalue weighted by atomic mass is 35.5. The number of halogens is 2. The number of ether oxygens (including phenoxy) is 1. The van der Waals surface area contributed by atoms with Crippen LogP contribution in [0, 0.1) is 6.57 Å². The molecule has 1 amide bonds. The summed E-state index contributed by atoms with van der Waals surface area (Å²) in [5.74, 6) is -1.00. The molecule has 2 fully saturated rings. The number of aromatic nitrogens is 2. The molecule has 0 spiro atoms. The number of hydrogen-bond acceptors (Lipinski definition) is 7. The van der Waals surface area contributed by atoms with Crippen molar-refractivity contribution in [3.8, 4) is 6.01 Å². The molecular formula is C33H37ClFN7O2. The number of amides is 1. The molecule has 1 saturated heterocycles. The highest BCUT2D eigenvalue weighted by molar-refractivity contribution is 6.36. The Morgan fingerprint density at radius 1 is 1.16 bits per heavy atom. The topological polar surface area (TPSA) is 69.4 Å². The van der Waals surface area contributed by atoms with Crippen LogP contribution in [0.2, 0.25) is 5.02 Å². The maximum atomic E-state index is 13.8. The van der Waals surface area contributed by atoms with E-state index in [1.54, 1.807) is 0 Å². The first-order chi connectivity index (χ1) is 21.2. The first-order valence-corrected chi connectivity index (χ1v) is 15.5. The standard InChI is InChI=1S/C33H37ClFN7O2/c1-21(35)32(43)42-17-16-41(19-23(42)18-36-2)31-24-14-15-40(28-12-6-9-22-8-5-10-25(34)30(22)28)20-26(24)37-33(38-31)44-29-13-7-11-27(29)39(3)4/h5-6,8-10,12,23,27,29H,1,7,11,13-20H2,3-4H3/t23-,27+,29+/m0/s1. The van der Waals surface area contributed by atoms with Crippen LogP contribution in [0.25, 0.3) is 15.6 Å². The van der Waals surface area contributed by atoms with Gasteiger partial charge in [-0.3, -0.25) is 4.79 Å². The molecule has 3 heterocycles. The van der Waals surface area contributed by atoms with E-state index < -0.39 is 17.8 Å². The van der Waals surface area contributed by atoms with Gasteiger partial charge in [-0.15, -0.1) is 0 Å². The summed E-state index contributed by atoms with van der Waals surface area (Å²) < 4.78 is 20.4. The van der Waals surface area contributed by atoms with Crippen LogP contribution in [-0.2, 0) is 17.8 Å². The molecule has 3 aromatic rings. The summed E-state index contributed by atoms with van der Waals surface area (Å²) in [6, 6.07) is 12.3. The molecule has 11 heteroatoms. The lowest BCUT2D eigenvalue weighted by molar-refractivity contribution is -0.131. The fourth-order valence-corrected chi connectivity index (χ4v) is 7.23. The van der Waals surface area contributed by atoms with E-state index in [2.05, 4.69) is 64.5 Å². The van der Waals surface area contributed by atoms with E-state index in [1.807, 2.05) is 12.1 Å². The molecule has 6 rings (SSSR count). The third kappa shape index (κ3) is 5.78. The SMILES string of the molecule is [C-]#[N+]C[C@H]1CN(c2nc(O[C@@H]3CCC[C@H]3N(C)C)nc3c2CCN(c2cccc4cccc(Cl)c24)C3)CCN1C(=O)C(=C)F. The van der Waals surface area contributed by atoms with Crippen molar-refractivity contribution in [2.75, 3.05) is 56.6 Å². The first kappa shape index (κ1) is 30.1. The van der Waals surface area contributed by atoms with Gasteiger partial charge >= 0.3 is 6.01 Å². The maximum absolute atomic E-state index is 13.8. The van der Waals surface area contributed by atoms with E-state index in [-0.39, 0.29) is 25.2 Å². The lowest BCUT2D eigenvalue weighted by atomic mass is 10.0. The Morgan fingerprint density at radius 3 is 2.70 bits per heavy atom. The second-order valence-electron chi connectivity index (χ2n) is 12.0. The summed E-state index contributed by atoms with van der Waals surface area (Å²) in [6.45, 7) is 13.1. The quantitative estimate of drug-likeness (QED) is 0.269. The zero-order valence-electron chi connectivity index (χ0n) is 25.2. The van der Waals surface area contributed by atoms with Crippen molar-refractivity contribution in [1.82, 2.24) is 19.8 Å². The van der Waals surface area contributed by atoms with Gasteiger partial charge in [0, 0.05) is 48.9 Å². The Bertz CT molecular complexity index is 1620. The highest BCUT2D eigenvalue weighted by Crippen LogP contribution is 2.38. The van der Waals surface area contributed by atoms with E-state index >= 15 is 0 Å². The van der Waals surface area contributed by atoms with Gasteiger partial charge in [0.25, 0.3) is 5.91 Å². The summed E-state index contributed by atoms with van der Waals surface area (Å²) in [5.41, 5.74) is 2.98. The monoisotopic (exact) mass is 617 g/mol.